The molecule has 1 amide bonds. The number of aliphatic hydroxyl groups excluding tert-OH is 1. The molecule has 0 spiro atoms. The fourth-order valence-corrected chi connectivity index (χ4v) is 1.24. The summed E-state index contributed by atoms with van der Waals surface area (Å²) in [6, 6.07) is 0.212. The van der Waals surface area contributed by atoms with Crippen LogP contribution in [0.2, 0.25) is 0 Å². The zero-order valence-corrected chi connectivity index (χ0v) is 7.34. The van der Waals surface area contributed by atoms with Crippen LogP contribution in [-0.4, -0.2) is 36.8 Å². The fourth-order valence-electron chi connectivity index (χ4n) is 1.24. The predicted molar refractivity (Wildman–Crippen MR) is 45.7 cm³/mol. The number of hydrogen-bond donors (Lipinski definition) is 3. The highest BCUT2D eigenvalue weighted by Crippen LogP contribution is 2.19. The molecule has 0 heterocycles. The van der Waals surface area contributed by atoms with Gasteiger partial charge in [-0.1, -0.05) is 0 Å². The molecule has 0 unspecified atom stereocenters. The van der Waals surface area contributed by atoms with Crippen molar-refractivity contribution in [3.63, 3.8) is 0 Å². The molecule has 0 bridgehead atoms. The Morgan fingerprint density at radius 1 is 1.58 bits per heavy atom. The van der Waals surface area contributed by atoms with Crippen LogP contribution < -0.4 is 10.6 Å². The summed E-state index contributed by atoms with van der Waals surface area (Å²) in [5.41, 5.74) is 0. The first kappa shape index (κ1) is 9.48. The van der Waals surface area contributed by atoms with E-state index in [1.165, 1.54) is 0 Å². The molecule has 1 aliphatic carbocycles. The van der Waals surface area contributed by atoms with Crippen molar-refractivity contribution < 1.29 is 9.90 Å². The predicted octanol–water partition coefficient (Wildman–Crippen LogP) is -0.765. The molecular formula is C8H16N2O2. The van der Waals surface area contributed by atoms with E-state index in [4.69, 9.17) is 5.11 Å². The van der Waals surface area contributed by atoms with Crippen molar-refractivity contribution in [2.75, 3.05) is 13.6 Å². The highest BCUT2D eigenvalue weighted by atomic mass is 16.3. The maximum Gasteiger partial charge on any atom is 0.221 e. The van der Waals surface area contributed by atoms with Crippen molar-refractivity contribution in [1.82, 2.24) is 10.6 Å². The third-order valence-electron chi connectivity index (χ3n) is 2.08. The van der Waals surface area contributed by atoms with E-state index < -0.39 is 0 Å². The molecule has 1 rings (SSSR count). The molecule has 0 aromatic carbocycles. The minimum atomic E-state index is -0.195. The maximum absolute atomic E-state index is 11.1. The van der Waals surface area contributed by atoms with E-state index >= 15 is 0 Å². The molecule has 70 valence electrons. The molecule has 1 fully saturated rings. The summed E-state index contributed by atoms with van der Waals surface area (Å²) in [5, 5.41) is 14.7. The summed E-state index contributed by atoms with van der Waals surface area (Å²) in [5.74, 6) is 0.0706. The average molecular weight is 172 g/mol. The molecule has 1 saturated carbocycles. The normalized spacial score (nSPS) is 27.8. The standard InChI is InChI=1S/C8H16N2O2/c1-9-3-2-8(12)10-6-4-7(11)5-6/h6-7,9,11H,2-5H2,1H3,(H,10,12). The molecule has 0 saturated heterocycles. The minimum absolute atomic E-state index is 0.0706. The van der Waals surface area contributed by atoms with Crippen LogP contribution in [0.25, 0.3) is 0 Å². The van der Waals surface area contributed by atoms with E-state index in [1.807, 2.05) is 7.05 Å². The number of amides is 1. The van der Waals surface area contributed by atoms with Gasteiger partial charge in [-0.05, 0) is 19.9 Å². The highest BCUT2D eigenvalue weighted by molar-refractivity contribution is 5.76. The summed E-state index contributed by atoms with van der Waals surface area (Å²) >= 11 is 0. The Bertz CT molecular complexity index is 155. The third kappa shape index (κ3) is 2.79. The Kier molecular flexibility index (Phi) is 3.49. The van der Waals surface area contributed by atoms with Crippen LogP contribution in [0.3, 0.4) is 0 Å². The summed E-state index contributed by atoms with van der Waals surface area (Å²) in [4.78, 5) is 11.1. The minimum Gasteiger partial charge on any atom is -0.393 e. The van der Waals surface area contributed by atoms with Crippen LogP contribution in [0.1, 0.15) is 19.3 Å². The molecule has 4 heteroatoms. The first-order valence-corrected chi connectivity index (χ1v) is 4.34. The van der Waals surface area contributed by atoms with Gasteiger partial charge in [-0.3, -0.25) is 4.79 Å². The number of aliphatic hydroxyl groups is 1. The molecule has 12 heavy (non-hydrogen) atoms. The molecule has 0 atom stereocenters. The zero-order valence-electron chi connectivity index (χ0n) is 7.34. The smallest absolute Gasteiger partial charge is 0.221 e. The Balaban J connectivity index is 2.03. The molecule has 0 radical (unpaired) electrons. The van der Waals surface area contributed by atoms with E-state index in [1.54, 1.807) is 0 Å². The van der Waals surface area contributed by atoms with Crippen LogP contribution in [0.4, 0.5) is 0 Å². The lowest BCUT2D eigenvalue weighted by Gasteiger charge is -2.31. The summed E-state index contributed by atoms with van der Waals surface area (Å²) < 4.78 is 0. The maximum atomic E-state index is 11.1. The fraction of sp³-hybridized carbons (Fsp3) is 0.875. The second-order valence-electron chi connectivity index (χ2n) is 3.24. The summed E-state index contributed by atoms with van der Waals surface area (Å²) in [7, 11) is 1.82. The highest BCUT2D eigenvalue weighted by Gasteiger charge is 2.27. The second kappa shape index (κ2) is 4.42. The SMILES string of the molecule is CNCCC(=O)NC1CC(O)C1. The van der Waals surface area contributed by atoms with Crippen LogP contribution in [0, 0.1) is 0 Å². The van der Waals surface area contributed by atoms with Gasteiger partial charge in [0.15, 0.2) is 0 Å². The quantitative estimate of drug-likeness (QED) is 0.522. The Hall–Kier alpha value is -0.610. The van der Waals surface area contributed by atoms with Crippen molar-refractivity contribution in [3.8, 4) is 0 Å². The van der Waals surface area contributed by atoms with Crippen molar-refractivity contribution in [2.45, 2.75) is 31.4 Å². The number of carbonyl (C=O) groups excluding carboxylic acids is 1. The topological polar surface area (TPSA) is 61.4 Å². The van der Waals surface area contributed by atoms with E-state index in [9.17, 15) is 4.79 Å². The monoisotopic (exact) mass is 172 g/mol. The Morgan fingerprint density at radius 3 is 2.75 bits per heavy atom. The van der Waals surface area contributed by atoms with Crippen LogP contribution in [-0.2, 0) is 4.79 Å². The zero-order chi connectivity index (χ0) is 8.97. The van der Waals surface area contributed by atoms with Gasteiger partial charge in [0.1, 0.15) is 0 Å². The number of rotatable bonds is 4. The van der Waals surface area contributed by atoms with Crippen LogP contribution in [0.15, 0.2) is 0 Å². The average Bonchev–Trinajstić information content (AvgIpc) is 1.98. The molecule has 0 aromatic rings. The first-order chi connectivity index (χ1) is 5.72. The van der Waals surface area contributed by atoms with Gasteiger partial charge in [0, 0.05) is 19.0 Å². The van der Waals surface area contributed by atoms with E-state index in [2.05, 4.69) is 10.6 Å². The van der Waals surface area contributed by atoms with Gasteiger partial charge < -0.3 is 15.7 Å². The van der Waals surface area contributed by atoms with Crippen molar-refractivity contribution in [2.24, 2.45) is 0 Å². The van der Waals surface area contributed by atoms with E-state index in [0.29, 0.717) is 25.8 Å². The van der Waals surface area contributed by atoms with Gasteiger partial charge in [0.25, 0.3) is 0 Å². The third-order valence-corrected chi connectivity index (χ3v) is 2.08. The summed E-state index contributed by atoms with van der Waals surface area (Å²) in [6.45, 7) is 0.709. The van der Waals surface area contributed by atoms with E-state index in [0.717, 1.165) is 0 Å². The molecule has 0 aliphatic heterocycles. The molecule has 3 N–H and O–H groups in total. The molecule has 4 nitrogen and oxygen atoms in total. The van der Waals surface area contributed by atoms with Gasteiger partial charge in [0.05, 0.1) is 6.10 Å². The Labute approximate surface area is 72.3 Å². The van der Waals surface area contributed by atoms with Crippen molar-refractivity contribution in [3.05, 3.63) is 0 Å². The Morgan fingerprint density at radius 2 is 2.25 bits per heavy atom. The van der Waals surface area contributed by atoms with Gasteiger partial charge >= 0.3 is 0 Å². The molecular weight excluding hydrogens is 156 g/mol. The van der Waals surface area contributed by atoms with Gasteiger partial charge in [-0.25, -0.2) is 0 Å². The van der Waals surface area contributed by atoms with Crippen molar-refractivity contribution >= 4 is 5.91 Å². The van der Waals surface area contributed by atoms with Gasteiger partial charge in [-0.15, -0.1) is 0 Å². The lowest BCUT2D eigenvalue weighted by atomic mass is 9.89. The largest absolute Gasteiger partial charge is 0.393 e. The van der Waals surface area contributed by atoms with Crippen LogP contribution in [0.5, 0.6) is 0 Å². The lowest BCUT2D eigenvalue weighted by Crippen LogP contribution is -2.47. The second-order valence-corrected chi connectivity index (χ2v) is 3.24. The van der Waals surface area contributed by atoms with Crippen molar-refractivity contribution in [1.29, 1.82) is 0 Å². The van der Waals surface area contributed by atoms with E-state index in [-0.39, 0.29) is 18.1 Å². The summed E-state index contributed by atoms with van der Waals surface area (Å²) in [6.07, 6.45) is 1.75. The molecule has 0 aromatic heterocycles. The van der Waals surface area contributed by atoms with Gasteiger partial charge in [-0.2, -0.15) is 0 Å². The first-order valence-electron chi connectivity index (χ1n) is 4.34. The number of carbonyl (C=O) groups is 1. The number of nitrogens with one attached hydrogen (secondary N) is 2. The van der Waals surface area contributed by atoms with Crippen LogP contribution >= 0.6 is 0 Å². The number of hydrogen-bond acceptors (Lipinski definition) is 3. The lowest BCUT2D eigenvalue weighted by molar-refractivity contribution is -0.123. The molecule has 1 aliphatic rings. The van der Waals surface area contributed by atoms with Gasteiger partial charge in [0.2, 0.25) is 5.91 Å².